The van der Waals surface area contributed by atoms with Crippen LogP contribution in [0, 0.1) is 5.41 Å². The quantitative estimate of drug-likeness (QED) is 0.804. The molecule has 0 aromatic carbocycles. The minimum Gasteiger partial charge on any atom is -0.392 e. The van der Waals surface area contributed by atoms with Crippen LogP contribution in [0.15, 0.2) is 4.79 Å². The minimum absolute atomic E-state index is 0.178. The molecule has 6 nitrogen and oxygen atoms in total. The largest absolute Gasteiger partial charge is 0.392 e. The Morgan fingerprint density at radius 1 is 1.47 bits per heavy atom. The number of piperidine rings is 1. The molecule has 2 N–H and O–H groups in total. The molecule has 2 heterocycles. The Labute approximate surface area is 112 Å². The van der Waals surface area contributed by atoms with E-state index >= 15 is 0 Å². The summed E-state index contributed by atoms with van der Waals surface area (Å²) < 4.78 is 1.32. The number of aliphatic hydroxyl groups is 1. The molecule has 1 atom stereocenters. The highest BCUT2D eigenvalue weighted by Gasteiger charge is 2.41. The number of rotatable bonds is 2. The topological polar surface area (TPSA) is 74.2 Å². The minimum atomic E-state index is -0.248. The van der Waals surface area contributed by atoms with Crippen LogP contribution in [-0.2, 0) is 13.6 Å². The summed E-state index contributed by atoms with van der Waals surface area (Å²) >= 11 is 0. The molecule has 1 aromatic heterocycles. The molecule has 1 aliphatic heterocycles. The summed E-state index contributed by atoms with van der Waals surface area (Å²) in [4.78, 5) is 16.4. The first-order valence-electron chi connectivity index (χ1n) is 7.09. The normalized spacial score (nSPS) is 27.2. The summed E-state index contributed by atoms with van der Waals surface area (Å²) in [7, 11) is 1.64. The van der Waals surface area contributed by atoms with Gasteiger partial charge in [-0.2, -0.15) is 5.10 Å². The zero-order chi connectivity index (χ0) is 13.5. The number of aryl methyl sites for hydroxylation is 1. The van der Waals surface area contributed by atoms with Crippen LogP contribution in [0.4, 0.5) is 0 Å². The Morgan fingerprint density at radius 3 is 2.84 bits per heavy atom. The van der Waals surface area contributed by atoms with Gasteiger partial charge in [0.15, 0.2) is 0 Å². The lowest BCUT2D eigenvalue weighted by atomic mass is 9.77. The number of aromatic amines is 1. The van der Waals surface area contributed by atoms with Crippen LogP contribution in [0.5, 0.6) is 0 Å². The molecule has 0 amide bonds. The number of nitrogens with zero attached hydrogens (tertiary/aromatic N) is 3. The van der Waals surface area contributed by atoms with E-state index in [-0.39, 0.29) is 11.8 Å². The number of hydrogen-bond acceptors (Lipinski definition) is 4. The highest BCUT2D eigenvalue weighted by molar-refractivity contribution is 4.95. The standard InChI is InChI=1S/C13H22N4O2/c1-16-12(19)14-11(15-16)8-17-7-10(18)6-13(9-17)4-2-3-5-13/h10,18H,2-9H2,1H3,(H,14,15,19). The molecule has 2 aliphatic rings. The van der Waals surface area contributed by atoms with Crippen LogP contribution in [0.1, 0.15) is 37.9 Å². The molecule has 1 saturated heterocycles. The predicted octanol–water partition coefficient (Wildman–Crippen LogP) is 0.235. The summed E-state index contributed by atoms with van der Waals surface area (Å²) in [6, 6.07) is 0. The van der Waals surface area contributed by atoms with Crippen molar-refractivity contribution >= 4 is 0 Å². The Hall–Kier alpha value is -1.14. The van der Waals surface area contributed by atoms with Gasteiger partial charge in [0, 0.05) is 20.1 Å². The Balaban J connectivity index is 1.71. The molecule has 3 rings (SSSR count). The van der Waals surface area contributed by atoms with Crippen molar-refractivity contribution in [1.29, 1.82) is 0 Å². The van der Waals surface area contributed by atoms with Crippen molar-refractivity contribution in [3.8, 4) is 0 Å². The van der Waals surface area contributed by atoms with Crippen LogP contribution in [0.25, 0.3) is 0 Å². The summed E-state index contributed by atoms with van der Waals surface area (Å²) in [5, 5.41) is 14.3. The van der Waals surface area contributed by atoms with Gasteiger partial charge in [0.05, 0.1) is 12.6 Å². The van der Waals surface area contributed by atoms with Gasteiger partial charge in [0.1, 0.15) is 5.82 Å². The van der Waals surface area contributed by atoms with Gasteiger partial charge in [-0.15, -0.1) is 0 Å². The average Bonchev–Trinajstić information content (AvgIpc) is 2.86. The zero-order valence-corrected chi connectivity index (χ0v) is 11.4. The monoisotopic (exact) mass is 266 g/mol. The molecule has 6 heteroatoms. The van der Waals surface area contributed by atoms with Crippen molar-refractivity contribution in [2.75, 3.05) is 13.1 Å². The van der Waals surface area contributed by atoms with E-state index in [0.29, 0.717) is 24.3 Å². The molecule has 0 radical (unpaired) electrons. The van der Waals surface area contributed by atoms with E-state index in [1.165, 1.54) is 30.4 Å². The van der Waals surface area contributed by atoms with E-state index in [9.17, 15) is 9.90 Å². The number of aliphatic hydroxyl groups excluding tert-OH is 1. The van der Waals surface area contributed by atoms with Crippen molar-refractivity contribution in [1.82, 2.24) is 19.7 Å². The lowest BCUT2D eigenvalue weighted by Crippen LogP contribution is -2.48. The second kappa shape index (κ2) is 4.76. The summed E-state index contributed by atoms with van der Waals surface area (Å²) in [5.74, 6) is 0.690. The molecule has 1 unspecified atom stereocenters. The van der Waals surface area contributed by atoms with Crippen LogP contribution >= 0.6 is 0 Å². The van der Waals surface area contributed by atoms with Gasteiger partial charge in [-0.1, -0.05) is 12.8 Å². The van der Waals surface area contributed by atoms with Crippen molar-refractivity contribution in [3.05, 3.63) is 16.3 Å². The first-order chi connectivity index (χ1) is 9.06. The number of hydrogen-bond donors (Lipinski definition) is 2. The highest BCUT2D eigenvalue weighted by Crippen LogP contribution is 2.44. The second-order valence-electron chi connectivity index (χ2n) is 6.24. The highest BCUT2D eigenvalue weighted by atomic mass is 16.3. The lowest BCUT2D eigenvalue weighted by molar-refractivity contribution is -0.0118. The van der Waals surface area contributed by atoms with Gasteiger partial charge >= 0.3 is 5.69 Å². The molecular formula is C13H22N4O2. The molecule has 1 saturated carbocycles. The smallest absolute Gasteiger partial charge is 0.343 e. The van der Waals surface area contributed by atoms with Gasteiger partial charge in [0.25, 0.3) is 0 Å². The maximum Gasteiger partial charge on any atom is 0.343 e. The average molecular weight is 266 g/mol. The van der Waals surface area contributed by atoms with E-state index < -0.39 is 0 Å². The van der Waals surface area contributed by atoms with E-state index in [4.69, 9.17) is 0 Å². The van der Waals surface area contributed by atoms with E-state index in [1.54, 1.807) is 7.05 Å². The van der Waals surface area contributed by atoms with Gasteiger partial charge in [0.2, 0.25) is 0 Å². The fourth-order valence-corrected chi connectivity index (χ4v) is 3.81. The molecule has 106 valence electrons. The summed E-state index contributed by atoms with van der Waals surface area (Å²) in [6.45, 7) is 2.32. The fourth-order valence-electron chi connectivity index (χ4n) is 3.81. The zero-order valence-electron chi connectivity index (χ0n) is 11.4. The maximum absolute atomic E-state index is 11.4. The van der Waals surface area contributed by atoms with Gasteiger partial charge in [-0.25, -0.2) is 9.48 Å². The Bertz CT molecular complexity index is 501. The third-order valence-electron chi connectivity index (χ3n) is 4.55. The molecule has 2 fully saturated rings. The second-order valence-corrected chi connectivity index (χ2v) is 6.24. The molecule has 1 spiro atoms. The number of likely N-dealkylation sites (tertiary alicyclic amines) is 1. The van der Waals surface area contributed by atoms with Crippen LogP contribution in [0.2, 0.25) is 0 Å². The van der Waals surface area contributed by atoms with E-state index in [1.807, 2.05) is 0 Å². The summed E-state index contributed by atoms with van der Waals surface area (Å²) in [6.07, 6.45) is 5.69. The van der Waals surface area contributed by atoms with Crippen molar-refractivity contribution in [2.24, 2.45) is 12.5 Å². The number of β-amino-alcohol motifs (C(OH)–C–C–N with tert-alkyl or cyclic N) is 1. The first-order valence-corrected chi connectivity index (χ1v) is 7.09. The van der Waals surface area contributed by atoms with Gasteiger partial charge in [-0.3, -0.25) is 9.88 Å². The number of nitrogens with one attached hydrogen (secondary N) is 1. The van der Waals surface area contributed by atoms with Gasteiger partial charge < -0.3 is 5.11 Å². The molecular weight excluding hydrogens is 244 g/mol. The first kappa shape index (κ1) is 12.9. The molecule has 1 aliphatic carbocycles. The lowest BCUT2D eigenvalue weighted by Gasteiger charge is -2.42. The van der Waals surface area contributed by atoms with Crippen molar-refractivity contribution in [3.63, 3.8) is 0 Å². The van der Waals surface area contributed by atoms with Crippen LogP contribution < -0.4 is 5.69 Å². The Morgan fingerprint density at radius 2 is 2.21 bits per heavy atom. The van der Waals surface area contributed by atoms with Gasteiger partial charge in [-0.05, 0) is 24.7 Å². The molecule has 1 aromatic rings. The fraction of sp³-hybridized carbons (Fsp3) is 0.846. The summed E-state index contributed by atoms with van der Waals surface area (Å²) in [5.41, 5.74) is 0.121. The van der Waals surface area contributed by atoms with Crippen LogP contribution in [-0.4, -0.2) is 44.0 Å². The van der Waals surface area contributed by atoms with E-state index in [0.717, 1.165) is 13.0 Å². The van der Waals surface area contributed by atoms with Crippen molar-refractivity contribution < 1.29 is 5.11 Å². The Kier molecular flexibility index (Phi) is 3.22. The molecule has 0 bridgehead atoms. The number of aromatic nitrogens is 3. The maximum atomic E-state index is 11.4. The van der Waals surface area contributed by atoms with Crippen molar-refractivity contribution in [2.45, 2.75) is 44.8 Å². The third-order valence-corrected chi connectivity index (χ3v) is 4.55. The third kappa shape index (κ3) is 2.60. The SMILES string of the molecule is Cn1nc(CN2CC(O)CC3(CCCC3)C2)[nH]c1=O. The van der Waals surface area contributed by atoms with E-state index in [2.05, 4.69) is 15.0 Å². The molecule has 19 heavy (non-hydrogen) atoms. The number of H-pyrrole nitrogens is 1. The van der Waals surface area contributed by atoms with Crippen LogP contribution in [0.3, 0.4) is 0 Å². The predicted molar refractivity (Wildman–Crippen MR) is 70.6 cm³/mol.